The fourth-order valence-corrected chi connectivity index (χ4v) is 3.06. The van der Waals surface area contributed by atoms with Crippen LogP contribution >= 0.6 is 11.6 Å². The molecule has 0 spiro atoms. The highest BCUT2D eigenvalue weighted by molar-refractivity contribution is 7.89. The normalized spacial score (nSPS) is 11.5. The number of benzene rings is 1. The Morgan fingerprint density at radius 2 is 2.10 bits per heavy atom. The third-order valence-electron chi connectivity index (χ3n) is 2.66. The molecule has 0 aliphatic carbocycles. The number of azide groups is 1. The lowest BCUT2D eigenvalue weighted by Gasteiger charge is -2.06. The van der Waals surface area contributed by atoms with Crippen molar-refractivity contribution in [3.8, 4) is 0 Å². The molecule has 1 heterocycles. The second-order valence-corrected chi connectivity index (χ2v) is 6.21. The molecule has 0 saturated heterocycles. The van der Waals surface area contributed by atoms with Gasteiger partial charge < -0.3 is 0 Å². The first-order valence-corrected chi connectivity index (χ1v) is 7.83. The Morgan fingerprint density at radius 3 is 2.86 bits per heavy atom. The molecule has 21 heavy (non-hydrogen) atoms. The lowest BCUT2D eigenvalue weighted by Crippen LogP contribution is -2.25. The zero-order chi connectivity index (χ0) is 15.3. The Hall–Kier alpha value is -1.87. The summed E-state index contributed by atoms with van der Waals surface area (Å²) in [6.07, 6.45) is 1.14. The molecule has 1 N–H and O–H groups in total. The summed E-state index contributed by atoms with van der Waals surface area (Å²) in [6.45, 7) is 0.551. The van der Waals surface area contributed by atoms with Crippen molar-refractivity contribution in [1.29, 1.82) is 0 Å². The van der Waals surface area contributed by atoms with Crippen molar-refractivity contribution < 1.29 is 13.0 Å². The fourth-order valence-electron chi connectivity index (χ4n) is 1.67. The number of aromatic nitrogens is 2. The molecule has 0 bridgehead atoms. The highest BCUT2D eigenvalue weighted by Crippen LogP contribution is 2.26. The molecule has 1 aromatic heterocycles. The molecule has 0 atom stereocenters. The number of nitrogens with one attached hydrogen (secondary N) is 1. The van der Waals surface area contributed by atoms with Crippen LogP contribution in [0, 0.1) is 0 Å². The van der Waals surface area contributed by atoms with E-state index in [1.165, 1.54) is 12.1 Å². The summed E-state index contributed by atoms with van der Waals surface area (Å²) in [5.74, 6) is 0. The van der Waals surface area contributed by atoms with E-state index in [9.17, 15) is 8.42 Å². The summed E-state index contributed by atoms with van der Waals surface area (Å²) in [4.78, 5) is 2.57. The van der Waals surface area contributed by atoms with Gasteiger partial charge in [0.2, 0.25) is 10.0 Å². The van der Waals surface area contributed by atoms with Crippen molar-refractivity contribution in [1.82, 2.24) is 15.0 Å². The van der Waals surface area contributed by atoms with Crippen LogP contribution in [-0.4, -0.2) is 31.8 Å². The van der Waals surface area contributed by atoms with Crippen LogP contribution in [0.1, 0.15) is 12.8 Å². The van der Waals surface area contributed by atoms with Gasteiger partial charge in [-0.15, -0.1) is 0 Å². The fraction of sp³-hybridized carbons (Fsp3) is 0.400. The van der Waals surface area contributed by atoms with Gasteiger partial charge in [0.25, 0.3) is 0 Å². The maximum atomic E-state index is 12.2. The highest BCUT2D eigenvalue weighted by Gasteiger charge is 2.21. The van der Waals surface area contributed by atoms with Gasteiger partial charge in [0.15, 0.2) is 11.0 Å². The van der Waals surface area contributed by atoms with Crippen LogP contribution in [0.5, 0.6) is 0 Å². The first-order valence-electron chi connectivity index (χ1n) is 5.97. The minimum absolute atomic E-state index is 0.0433. The van der Waals surface area contributed by atoms with E-state index in [4.69, 9.17) is 17.1 Å². The summed E-state index contributed by atoms with van der Waals surface area (Å²) in [5.41, 5.74) is 8.40. The molecule has 2 aromatic rings. The predicted octanol–water partition coefficient (Wildman–Crippen LogP) is 2.25. The molecule has 0 aliphatic rings. The summed E-state index contributed by atoms with van der Waals surface area (Å²) in [5, 5.41) is 10.8. The third kappa shape index (κ3) is 3.61. The van der Waals surface area contributed by atoms with Crippen molar-refractivity contribution in [2.75, 3.05) is 13.1 Å². The Balaban J connectivity index is 2.10. The van der Waals surface area contributed by atoms with Crippen molar-refractivity contribution in [2.45, 2.75) is 17.7 Å². The van der Waals surface area contributed by atoms with E-state index in [1.807, 2.05) is 0 Å². The quantitative estimate of drug-likeness (QED) is 0.359. The molecule has 0 amide bonds. The van der Waals surface area contributed by atoms with Crippen LogP contribution in [-0.2, 0) is 10.0 Å². The Morgan fingerprint density at radius 1 is 1.33 bits per heavy atom. The van der Waals surface area contributed by atoms with Crippen LogP contribution in [0.2, 0.25) is 5.02 Å². The monoisotopic (exact) mass is 330 g/mol. The number of hydrogen-bond acceptors (Lipinski definition) is 6. The van der Waals surface area contributed by atoms with Gasteiger partial charge in [-0.25, -0.2) is 17.8 Å². The van der Waals surface area contributed by atoms with Gasteiger partial charge in [-0.1, -0.05) is 16.7 Å². The molecule has 0 radical (unpaired) electrons. The van der Waals surface area contributed by atoms with E-state index in [2.05, 4.69) is 29.7 Å². The Bertz CT molecular complexity index is 783. The number of rotatable bonds is 7. The molecule has 112 valence electrons. The number of unbranched alkanes of at least 4 members (excludes halogenated alkanes) is 1. The van der Waals surface area contributed by atoms with Crippen molar-refractivity contribution in [3.63, 3.8) is 0 Å². The third-order valence-corrected chi connectivity index (χ3v) is 4.46. The highest BCUT2D eigenvalue weighted by atomic mass is 35.5. The van der Waals surface area contributed by atoms with Gasteiger partial charge in [0, 0.05) is 18.0 Å². The molecule has 0 aliphatic heterocycles. The predicted molar refractivity (Wildman–Crippen MR) is 75.2 cm³/mol. The topological polar surface area (TPSA) is 134 Å². The zero-order valence-electron chi connectivity index (χ0n) is 10.7. The average Bonchev–Trinajstić information content (AvgIpc) is 2.93. The molecule has 1 aromatic carbocycles. The van der Waals surface area contributed by atoms with E-state index in [0.717, 1.165) is 0 Å². The number of halogens is 1. The van der Waals surface area contributed by atoms with Gasteiger partial charge in [-0.2, -0.15) is 0 Å². The van der Waals surface area contributed by atoms with Crippen molar-refractivity contribution >= 4 is 32.7 Å². The van der Waals surface area contributed by atoms with E-state index in [1.54, 1.807) is 0 Å². The lowest BCUT2D eigenvalue weighted by molar-refractivity contribution is 0.315. The molecule has 0 saturated carbocycles. The van der Waals surface area contributed by atoms with Crippen LogP contribution < -0.4 is 4.72 Å². The summed E-state index contributed by atoms with van der Waals surface area (Å²) >= 11 is 5.88. The molecular weight excluding hydrogens is 320 g/mol. The van der Waals surface area contributed by atoms with Crippen LogP contribution in [0.3, 0.4) is 0 Å². The molecular formula is C10H11ClN6O3S. The van der Waals surface area contributed by atoms with E-state index in [0.29, 0.717) is 19.4 Å². The summed E-state index contributed by atoms with van der Waals surface area (Å²) in [7, 11) is -3.74. The van der Waals surface area contributed by atoms with Crippen LogP contribution in [0.4, 0.5) is 0 Å². The standard InChI is InChI=1S/C10H11ClN6O3S/c11-7-3-4-8(10-9(7)15-20-16-10)21(18,19)14-6-2-1-5-13-17-12/h3-4,14H,1-2,5-6H2. The van der Waals surface area contributed by atoms with Gasteiger partial charge in [0.05, 0.1) is 5.02 Å². The smallest absolute Gasteiger partial charge is 0.242 e. The van der Waals surface area contributed by atoms with Gasteiger partial charge >= 0.3 is 0 Å². The first-order chi connectivity index (χ1) is 10.1. The first kappa shape index (κ1) is 15.5. The van der Waals surface area contributed by atoms with E-state index < -0.39 is 10.0 Å². The zero-order valence-corrected chi connectivity index (χ0v) is 12.3. The molecule has 9 nitrogen and oxygen atoms in total. The minimum Gasteiger partial charge on any atom is -0.243 e. The lowest BCUT2D eigenvalue weighted by atomic mass is 10.3. The van der Waals surface area contributed by atoms with Gasteiger partial charge in [-0.05, 0) is 40.8 Å². The van der Waals surface area contributed by atoms with Gasteiger partial charge in [-0.3, -0.25) is 0 Å². The number of fused-ring (bicyclic) bond motifs is 1. The molecule has 2 rings (SSSR count). The maximum Gasteiger partial charge on any atom is 0.242 e. The largest absolute Gasteiger partial charge is 0.243 e. The molecule has 11 heteroatoms. The van der Waals surface area contributed by atoms with E-state index >= 15 is 0 Å². The number of hydrogen-bond donors (Lipinski definition) is 1. The SMILES string of the molecule is [N-]=[N+]=NCCCCNS(=O)(=O)c1ccc(Cl)c2nonc12. The maximum absolute atomic E-state index is 12.2. The van der Waals surface area contributed by atoms with Crippen LogP contribution in [0.15, 0.2) is 26.8 Å². The summed E-state index contributed by atoms with van der Waals surface area (Å²) in [6, 6.07) is 2.77. The summed E-state index contributed by atoms with van der Waals surface area (Å²) < 4.78 is 31.4. The number of nitrogens with zero attached hydrogens (tertiary/aromatic N) is 5. The van der Waals surface area contributed by atoms with E-state index in [-0.39, 0.29) is 27.5 Å². The van der Waals surface area contributed by atoms with Crippen molar-refractivity contribution in [3.05, 3.63) is 27.6 Å². The molecule has 0 fully saturated rings. The molecule has 0 unspecified atom stereocenters. The second-order valence-electron chi connectivity index (χ2n) is 4.07. The number of sulfonamides is 1. The Labute approximate surface area is 124 Å². The van der Waals surface area contributed by atoms with Crippen LogP contribution in [0.25, 0.3) is 21.5 Å². The second kappa shape index (κ2) is 6.72. The minimum atomic E-state index is -3.74. The van der Waals surface area contributed by atoms with Gasteiger partial charge in [0.1, 0.15) is 4.90 Å². The average molecular weight is 331 g/mol. The Kier molecular flexibility index (Phi) is 4.97. The van der Waals surface area contributed by atoms with Crippen molar-refractivity contribution in [2.24, 2.45) is 5.11 Å².